The highest BCUT2D eigenvalue weighted by molar-refractivity contribution is 9.10. The number of hydrogen-bond donors (Lipinski definition) is 1. The number of halogens is 1. The highest BCUT2D eigenvalue weighted by Gasteiger charge is 2.10. The molecule has 0 atom stereocenters. The first-order valence-corrected chi connectivity index (χ1v) is 6.56. The molecule has 1 aromatic carbocycles. The van der Waals surface area contributed by atoms with Gasteiger partial charge in [-0.15, -0.1) is 0 Å². The van der Waals surface area contributed by atoms with Gasteiger partial charge in [-0.25, -0.2) is 4.98 Å². The molecule has 3 rings (SSSR count). The van der Waals surface area contributed by atoms with Gasteiger partial charge in [0.2, 0.25) is 0 Å². The molecule has 19 heavy (non-hydrogen) atoms. The third kappa shape index (κ3) is 2.06. The number of aromatic amines is 1. The third-order valence-corrected chi connectivity index (χ3v) is 3.85. The fourth-order valence-corrected chi connectivity index (χ4v) is 2.18. The first-order valence-electron chi connectivity index (χ1n) is 5.77. The topological polar surface area (TPSA) is 58.6 Å². The first kappa shape index (κ1) is 12.0. The molecule has 0 aliphatic carbocycles. The van der Waals surface area contributed by atoms with Crippen LogP contribution in [-0.4, -0.2) is 15.0 Å². The van der Waals surface area contributed by atoms with E-state index in [-0.39, 0.29) is 5.56 Å². The predicted molar refractivity (Wildman–Crippen MR) is 78.0 cm³/mol. The van der Waals surface area contributed by atoms with Crippen LogP contribution < -0.4 is 5.56 Å². The van der Waals surface area contributed by atoms with Gasteiger partial charge in [-0.2, -0.15) is 0 Å². The molecule has 0 aliphatic rings. The van der Waals surface area contributed by atoms with E-state index in [9.17, 15) is 4.79 Å². The van der Waals surface area contributed by atoms with Crippen molar-refractivity contribution in [1.29, 1.82) is 0 Å². The summed E-state index contributed by atoms with van der Waals surface area (Å²) in [7, 11) is 0. The number of aryl methyl sites for hydroxylation is 1. The number of aromatic nitrogens is 3. The number of fused-ring (bicyclic) bond motifs is 1. The van der Waals surface area contributed by atoms with Gasteiger partial charge < -0.3 is 4.98 Å². The van der Waals surface area contributed by atoms with E-state index < -0.39 is 0 Å². The molecular weight excluding hydrogens is 306 g/mol. The number of nitrogens with zero attached hydrogens (tertiary/aromatic N) is 2. The molecule has 5 heteroatoms. The molecule has 3 aromatic rings. The lowest BCUT2D eigenvalue weighted by molar-refractivity contribution is 1.05. The van der Waals surface area contributed by atoms with Crippen LogP contribution in [0.4, 0.5) is 0 Å². The Balaban J connectivity index is 2.34. The molecule has 0 spiro atoms. The second kappa shape index (κ2) is 4.59. The molecule has 0 amide bonds. The molecule has 2 heterocycles. The molecule has 0 saturated heterocycles. The smallest absolute Gasteiger partial charge is 0.265 e. The molecule has 0 bridgehead atoms. The van der Waals surface area contributed by atoms with E-state index in [1.807, 2.05) is 30.3 Å². The van der Waals surface area contributed by atoms with E-state index in [1.54, 1.807) is 13.1 Å². The first-order chi connectivity index (χ1) is 9.16. The minimum Gasteiger partial charge on any atom is -0.305 e. The standard InChI is InChI=1S/C14H10BrN3O/c1-8-11(15)14(19)18-13(17-8)10-6-2-4-9-5-3-7-16-12(9)10/h2-7H,1H3,(H,17,18,19). The van der Waals surface area contributed by atoms with Crippen LogP contribution in [0.1, 0.15) is 5.69 Å². The van der Waals surface area contributed by atoms with Gasteiger partial charge in [-0.3, -0.25) is 9.78 Å². The van der Waals surface area contributed by atoms with Crippen molar-refractivity contribution < 1.29 is 0 Å². The summed E-state index contributed by atoms with van der Waals surface area (Å²) in [6.07, 6.45) is 1.73. The van der Waals surface area contributed by atoms with Crippen LogP contribution in [0.3, 0.4) is 0 Å². The quantitative estimate of drug-likeness (QED) is 0.750. The molecule has 0 fully saturated rings. The molecule has 4 nitrogen and oxygen atoms in total. The number of para-hydroxylation sites is 1. The zero-order valence-electron chi connectivity index (χ0n) is 10.1. The Bertz CT molecular complexity index is 821. The lowest BCUT2D eigenvalue weighted by Crippen LogP contribution is -2.12. The predicted octanol–water partition coefficient (Wildman–Crippen LogP) is 3.06. The maximum Gasteiger partial charge on any atom is 0.265 e. The van der Waals surface area contributed by atoms with Crippen molar-refractivity contribution in [1.82, 2.24) is 15.0 Å². The van der Waals surface area contributed by atoms with E-state index in [2.05, 4.69) is 30.9 Å². The lowest BCUT2D eigenvalue weighted by Gasteiger charge is -2.06. The minimum absolute atomic E-state index is 0.185. The van der Waals surface area contributed by atoms with E-state index in [0.717, 1.165) is 16.5 Å². The van der Waals surface area contributed by atoms with Crippen molar-refractivity contribution in [2.24, 2.45) is 0 Å². The van der Waals surface area contributed by atoms with Gasteiger partial charge in [0.15, 0.2) is 0 Å². The number of nitrogens with one attached hydrogen (secondary N) is 1. The van der Waals surface area contributed by atoms with Gasteiger partial charge >= 0.3 is 0 Å². The summed E-state index contributed by atoms with van der Waals surface area (Å²) in [6, 6.07) is 9.68. The molecule has 1 N–H and O–H groups in total. The summed E-state index contributed by atoms with van der Waals surface area (Å²) in [6.45, 7) is 1.79. The minimum atomic E-state index is -0.185. The highest BCUT2D eigenvalue weighted by atomic mass is 79.9. The maximum atomic E-state index is 11.8. The lowest BCUT2D eigenvalue weighted by atomic mass is 10.1. The van der Waals surface area contributed by atoms with Crippen LogP contribution in [0.15, 0.2) is 45.8 Å². The number of H-pyrrole nitrogens is 1. The molecule has 94 valence electrons. The summed E-state index contributed by atoms with van der Waals surface area (Å²) in [4.78, 5) is 23.4. The summed E-state index contributed by atoms with van der Waals surface area (Å²) in [5, 5.41) is 1.02. The van der Waals surface area contributed by atoms with Crippen molar-refractivity contribution in [3.05, 3.63) is 57.0 Å². The highest BCUT2D eigenvalue weighted by Crippen LogP contribution is 2.24. The van der Waals surface area contributed by atoms with Crippen LogP contribution >= 0.6 is 15.9 Å². The van der Waals surface area contributed by atoms with Gasteiger partial charge in [0.25, 0.3) is 5.56 Å². The molecule has 2 aromatic heterocycles. The fourth-order valence-electron chi connectivity index (χ4n) is 1.99. The Labute approximate surface area is 117 Å². The maximum absolute atomic E-state index is 11.8. The average Bonchev–Trinajstić information content (AvgIpc) is 2.43. The molecule has 0 radical (unpaired) electrons. The van der Waals surface area contributed by atoms with Crippen LogP contribution in [0.2, 0.25) is 0 Å². The summed E-state index contributed by atoms with van der Waals surface area (Å²) in [5.74, 6) is 0.537. The zero-order chi connectivity index (χ0) is 13.4. The number of benzene rings is 1. The van der Waals surface area contributed by atoms with Crippen LogP contribution in [-0.2, 0) is 0 Å². The van der Waals surface area contributed by atoms with Crippen LogP contribution in [0.5, 0.6) is 0 Å². The Morgan fingerprint density at radius 2 is 2.00 bits per heavy atom. The average molecular weight is 316 g/mol. The van der Waals surface area contributed by atoms with E-state index in [1.165, 1.54) is 0 Å². The van der Waals surface area contributed by atoms with Crippen molar-refractivity contribution in [3.8, 4) is 11.4 Å². The van der Waals surface area contributed by atoms with Crippen molar-refractivity contribution in [2.45, 2.75) is 6.92 Å². The Hall–Kier alpha value is -2.01. The fraction of sp³-hybridized carbons (Fsp3) is 0.0714. The van der Waals surface area contributed by atoms with E-state index >= 15 is 0 Å². The molecular formula is C14H10BrN3O. The molecule has 0 unspecified atom stereocenters. The summed E-state index contributed by atoms with van der Waals surface area (Å²) in [5.41, 5.74) is 2.13. The monoisotopic (exact) mass is 315 g/mol. The van der Waals surface area contributed by atoms with Crippen molar-refractivity contribution in [2.75, 3.05) is 0 Å². The Morgan fingerprint density at radius 3 is 2.79 bits per heavy atom. The van der Waals surface area contributed by atoms with Crippen molar-refractivity contribution >= 4 is 26.8 Å². The van der Waals surface area contributed by atoms with Gasteiger partial charge in [0.05, 0.1) is 11.2 Å². The number of pyridine rings is 1. The van der Waals surface area contributed by atoms with E-state index in [4.69, 9.17) is 0 Å². The SMILES string of the molecule is Cc1nc(-c2cccc3cccnc23)[nH]c(=O)c1Br. The van der Waals surface area contributed by atoms with Crippen LogP contribution in [0, 0.1) is 6.92 Å². The van der Waals surface area contributed by atoms with E-state index in [0.29, 0.717) is 16.0 Å². The normalized spacial score (nSPS) is 10.8. The van der Waals surface area contributed by atoms with Gasteiger partial charge in [-0.05, 0) is 35.0 Å². The molecule has 0 aliphatic heterocycles. The largest absolute Gasteiger partial charge is 0.305 e. The zero-order valence-corrected chi connectivity index (χ0v) is 11.7. The summed E-state index contributed by atoms with van der Waals surface area (Å²) < 4.78 is 0.462. The summed E-state index contributed by atoms with van der Waals surface area (Å²) >= 11 is 3.21. The third-order valence-electron chi connectivity index (χ3n) is 2.92. The van der Waals surface area contributed by atoms with Gasteiger partial charge in [-0.1, -0.05) is 18.2 Å². The van der Waals surface area contributed by atoms with Gasteiger partial charge in [0, 0.05) is 17.1 Å². The Morgan fingerprint density at radius 1 is 1.21 bits per heavy atom. The second-order valence-corrected chi connectivity index (χ2v) is 4.99. The second-order valence-electron chi connectivity index (χ2n) is 4.19. The number of hydrogen-bond acceptors (Lipinski definition) is 3. The van der Waals surface area contributed by atoms with Crippen LogP contribution in [0.25, 0.3) is 22.3 Å². The van der Waals surface area contributed by atoms with Gasteiger partial charge in [0.1, 0.15) is 10.3 Å². The molecule has 0 saturated carbocycles. The number of rotatable bonds is 1. The van der Waals surface area contributed by atoms with Crippen molar-refractivity contribution in [3.63, 3.8) is 0 Å². The Kier molecular flexibility index (Phi) is 2.91.